The van der Waals surface area contributed by atoms with Crippen LogP contribution in [0.5, 0.6) is 0 Å². The van der Waals surface area contributed by atoms with Gasteiger partial charge in [-0.15, -0.1) is 0 Å². The average molecular weight is 438 g/mol. The Morgan fingerprint density at radius 1 is 0.969 bits per heavy atom. The number of hydrogen-bond acceptors (Lipinski definition) is 4. The summed E-state index contributed by atoms with van der Waals surface area (Å²) in [6, 6.07) is 14.4. The number of nitrogens with zero attached hydrogens (tertiary/aromatic N) is 1. The molecule has 0 atom stereocenters. The summed E-state index contributed by atoms with van der Waals surface area (Å²) in [4.78, 5) is 39.3. The zero-order valence-electron chi connectivity index (χ0n) is 18.9. The minimum absolute atomic E-state index is 0.0204. The molecule has 1 fully saturated rings. The molecule has 0 unspecified atom stereocenters. The van der Waals surface area contributed by atoms with Crippen LogP contribution >= 0.6 is 0 Å². The van der Waals surface area contributed by atoms with Crippen molar-refractivity contribution >= 4 is 23.4 Å². The second kappa shape index (κ2) is 10.4. The smallest absolute Gasteiger partial charge is 0.256 e. The third-order valence-corrected chi connectivity index (χ3v) is 5.38. The molecule has 0 spiro atoms. The Morgan fingerprint density at radius 2 is 1.62 bits per heavy atom. The van der Waals surface area contributed by atoms with Crippen molar-refractivity contribution in [2.45, 2.75) is 32.6 Å². The molecule has 32 heavy (non-hydrogen) atoms. The molecule has 2 aromatic rings. The lowest BCUT2D eigenvalue weighted by molar-refractivity contribution is -0.116. The highest BCUT2D eigenvalue weighted by atomic mass is 16.5. The fraction of sp³-hybridized carbons (Fsp3) is 0.400. The van der Waals surface area contributed by atoms with Gasteiger partial charge in [0.15, 0.2) is 0 Å². The molecule has 0 saturated carbocycles. The predicted molar refractivity (Wildman–Crippen MR) is 124 cm³/mol. The Kier molecular flexibility index (Phi) is 7.64. The highest BCUT2D eigenvalue weighted by Crippen LogP contribution is 2.22. The standard InChI is InChI=1S/C25H31N3O4/c1-25(2,3)19-10-8-18(9-11-19)23(30)26-13-12-22(29)27-21-7-5-4-6-20(21)24(31)28-14-16-32-17-15-28/h4-11H,12-17H2,1-3H3,(H,26,30)(H,27,29). The van der Waals surface area contributed by atoms with Crippen LogP contribution in [0.3, 0.4) is 0 Å². The van der Waals surface area contributed by atoms with Gasteiger partial charge in [-0.05, 0) is 35.2 Å². The van der Waals surface area contributed by atoms with Gasteiger partial charge in [-0.25, -0.2) is 0 Å². The number of para-hydroxylation sites is 1. The largest absolute Gasteiger partial charge is 0.378 e. The molecule has 7 heteroatoms. The Balaban J connectivity index is 1.52. The number of amides is 3. The van der Waals surface area contributed by atoms with Gasteiger partial charge in [0.05, 0.1) is 24.5 Å². The van der Waals surface area contributed by atoms with Gasteiger partial charge in [0.1, 0.15) is 0 Å². The van der Waals surface area contributed by atoms with Crippen LogP contribution in [0, 0.1) is 0 Å². The molecule has 2 aromatic carbocycles. The third kappa shape index (κ3) is 6.17. The first-order valence-electron chi connectivity index (χ1n) is 10.9. The quantitative estimate of drug-likeness (QED) is 0.726. The molecule has 1 heterocycles. The van der Waals surface area contributed by atoms with Crippen molar-refractivity contribution in [3.8, 4) is 0 Å². The zero-order chi connectivity index (χ0) is 23.1. The Hall–Kier alpha value is -3.19. The highest BCUT2D eigenvalue weighted by Gasteiger charge is 2.21. The molecule has 0 radical (unpaired) electrons. The Labute approximate surface area is 189 Å². The molecule has 1 saturated heterocycles. The van der Waals surface area contributed by atoms with Crippen molar-refractivity contribution < 1.29 is 19.1 Å². The summed E-state index contributed by atoms with van der Waals surface area (Å²) in [7, 11) is 0. The maximum Gasteiger partial charge on any atom is 0.256 e. The lowest BCUT2D eigenvalue weighted by atomic mass is 9.87. The number of benzene rings is 2. The summed E-state index contributed by atoms with van der Waals surface area (Å²) in [5.74, 6) is -0.618. The second-order valence-electron chi connectivity index (χ2n) is 8.83. The number of morpholine rings is 1. The summed E-state index contributed by atoms with van der Waals surface area (Å²) in [6.07, 6.45) is 0.103. The number of ether oxygens (including phenoxy) is 1. The Bertz CT molecular complexity index is 958. The van der Waals surface area contributed by atoms with Gasteiger partial charge in [0, 0.05) is 31.6 Å². The van der Waals surface area contributed by atoms with E-state index < -0.39 is 0 Å². The first kappa shape index (κ1) is 23.5. The van der Waals surface area contributed by atoms with Crippen molar-refractivity contribution in [2.24, 2.45) is 0 Å². The molecule has 3 amide bonds. The number of anilines is 1. The maximum atomic E-state index is 12.8. The van der Waals surface area contributed by atoms with Gasteiger partial charge in [0.25, 0.3) is 11.8 Å². The normalized spacial score (nSPS) is 14.0. The van der Waals surface area contributed by atoms with E-state index in [9.17, 15) is 14.4 Å². The first-order valence-corrected chi connectivity index (χ1v) is 10.9. The minimum atomic E-state index is -0.268. The number of hydrogen-bond donors (Lipinski definition) is 2. The van der Waals surface area contributed by atoms with Gasteiger partial charge in [-0.3, -0.25) is 14.4 Å². The van der Waals surface area contributed by atoms with E-state index in [1.165, 1.54) is 0 Å². The molecule has 0 bridgehead atoms. The van der Waals surface area contributed by atoms with Gasteiger partial charge >= 0.3 is 0 Å². The van der Waals surface area contributed by atoms with Crippen molar-refractivity contribution in [1.29, 1.82) is 0 Å². The minimum Gasteiger partial charge on any atom is -0.378 e. The molecule has 2 N–H and O–H groups in total. The van der Waals surface area contributed by atoms with E-state index in [1.54, 1.807) is 41.3 Å². The van der Waals surface area contributed by atoms with E-state index in [2.05, 4.69) is 31.4 Å². The molecule has 1 aliphatic heterocycles. The second-order valence-corrected chi connectivity index (χ2v) is 8.83. The van der Waals surface area contributed by atoms with E-state index in [-0.39, 0.29) is 36.1 Å². The molecule has 3 rings (SSSR count). The van der Waals surface area contributed by atoms with Gasteiger partial charge in [0.2, 0.25) is 5.91 Å². The SMILES string of the molecule is CC(C)(C)c1ccc(C(=O)NCCC(=O)Nc2ccccc2C(=O)N2CCOCC2)cc1. The van der Waals surface area contributed by atoms with Crippen molar-refractivity contribution in [3.63, 3.8) is 0 Å². The van der Waals surface area contributed by atoms with E-state index in [4.69, 9.17) is 4.74 Å². The van der Waals surface area contributed by atoms with Crippen LogP contribution in [0.4, 0.5) is 5.69 Å². The monoisotopic (exact) mass is 437 g/mol. The molecule has 1 aliphatic rings. The number of carbonyl (C=O) groups is 3. The van der Waals surface area contributed by atoms with Crippen molar-refractivity contribution in [3.05, 3.63) is 65.2 Å². The van der Waals surface area contributed by atoms with Crippen molar-refractivity contribution in [2.75, 3.05) is 38.2 Å². The number of carbonyl (C=O) groups excluding carboxylic acids is 3. The number of rotatable bonds is 6. The van der Waals surface area contributed by atoms with Crippen LogP contribution in [0.15, 0.2) is 48.5 Å². The lowest BCUT2D eigenvalue weighted by Gasteiger charge is -2.27. The van der Waals surface area contributed by atoms with Crippen LogP contribution < -0.4 is 10.6 Å². The number of nitrogens with one attached hydrogen (secondary N) is 2. The van der Waals surface area contributed by atoms with Crippen LogP contribution in [0.25, 0.3) is 0 Å². The zero-order valence-corrected chi connectivity index (χ0v) is 18.9. The average Bonchev–Trinajstić information content (AvgIpc) is 2.79. The first-order chi connectivity index (χ1) is 15.3. The molecular weight excluding hydrogens is 406 g/mol. The Morgan fingerprint density at radius 3 is 2.28 bits per heavy atom. The third-order valence-electron chi connectivity index (χ3n) is 5.38. The molecule has 170 valence electrons. The van der Waals surface area contributed by atoms with Crippen LogP contribution in [0.2, 0.25) is 0 Å². The molecule has 0 aromatic heterocycles. The van der Waals surface area contributed by atoms with Crippen LogP contribution in [0.1, 0.15) is 53.5 Å². The van der Waals surface area contributed by atoms with Crippen LogP contribution in [-0.4, -0.2) is 55.5 Å². The predicted octanol–water partition coefficient (Wildman–Crippen LogP) is 3.22. The van der Waals surface area contributed by atoms with Crippen molar-refractivity contribution in [1.82, 2.24) is 10.2 Å². The lowest BCUT2D eigenvalue weighted by Crippen LogP contribution is -2.41. The van der Waals surface area contributed by atoms with E-state index >= 15 is 0 Å². The summed E-state index contributed by atoms with van der Waals surface area (Å²) in [6.45, 7) is 8.64. The van der Waals surface area contributed by atoms with Gasteiger partial charge in [-0.1, -0.05) is 45.0 Å². The van der Waals surface area contributed by atoms with Crippen LogP contribution in [-0.2, 0) is 14.9 Å². The summed E-state index contributed by atoms with van der Waals surface area (Å²) in [5, 5.41) is 5.57. The fourth-order valence-corrected chi connectivity index (χ4v) is 3.44. The highest BCUT2D eigenvalue weighted by molar-refractivity contribution is 6.04. The molecular formula is C25H31N3O4. The molecule has 7 nitrogen and oxygen atoms in total. The summed E-state index contributed by atoms with van der Waals surface area (Å²) >= 11 is 0. The molecule has 0 aliphatic carbocycles. The van der Waals surface area contributed by atoms with Gasteiger partial charge < -0.3 is 20.3 Å². The topological polar surface area (TPSA) is 87.7 Å². The van der Waals surface area contributed by atoms with E-state index in [0.29, 0.717) is 43.1 Å². The summed E-state index contributed by atoms with van der Waals surface area (Å²) in [5.41, 5.74) is 2.65. The fourth-order valence-electron chi connectivity index (χ4n) is 3.44. The van der Waals surface area contributed by atoms with Gasteiger partial charge in [-0.2, -0.15) is 0 Å². The summed E-state index contributed by atoms with van der Waals surface area (Å²) < 4.78 is 5.30. The van der Waals surface area contributed by atoms with E-state index in [1.807, 2.05) is 12.1 Å². The maximum absolute atomic E-state index is 12.8. The van der Waals surface area contributed by atoms with E-state index in [0.717, 1.165) is 5.56 Å².